The molecule has 0 aliphatic carbocycles. The highest BCUT2D eigenvalue weighted by Gasteiger charge is 2.16. The van der Waals surface area contributed by atoms with Gasteiger partial charge in [-0.2, -0.15) is 0 Å². The first-order valence-corrected chi connectivity index (χ1v) is 9.07. The van der Waals surface area contributed by atoms with Crippen molar-refractivity contribution in [2.75, 3.05) is 0 Å². The number of benzene rings is 3. The zero-order valence-corrected chi connectivity index (χ0v) is 15.6. The number of aryl methyl sites for hydroxylation is 1. The molecule has 0 aliphatic rings. The van der Waals surface area contributed by atoms with Crippen LogP contribution in [0.3, 0.4) is 0 Å². The molecule has 4 rings (SSSR count). The molecular weight excluding hydrogens is 356 g/mol. The van der Waals surface area contributed by atoms with E-state index in [1.165, 1.54) is 24.3 Å². The second-order valence-electron chi connectivity index (χ2n) is 7.00. The number of aliphatic hydroxyl groups excluding tert-OH is 1. The van der Waals surface area contributed by atoms with Crippen LogP contribution >= 0.6 is 0 Å². The summed E-state index contributed by atoms with van der Waals surface area (Å²) in [6, 6.07) is 18.2. The Balaban J connectivity index is 2.06. The molecule has 4 aromatic rings. The van der Waals surface area contributed by atoms with Crippen molar-refractivity contribution in [3.8, 4) is 22.4 Å². The predicted molar refractivity (Wildman–Crippen MR) is 108 cm³/mol. The zero-order valence-electron chi connectivity index (χ0n) is 15.6. The lowest BCUT2D eigenvalue weighted by Crippen LogP contribution is -1.98. The number of halogens is 2. The van der Waals surface area contributed by atoms with Crippen molar-refractivity contribution in [2.45, 2.75) is 20.0 Å². The van der Waals surface area contributed by atoms with E-state index in [4.69, 9.17) is 4.98 Å². The molecule has 0 fully saturated rings. The van der Waals surface area contributed by atoms with Crippen molar-refractivity contribution >= 4 is 10.9 Å². The maximum Gasteiger partial charge on any atom is 0.123 e. The SMILES string of the molecule is Cc1cc(C(C)O)c2cc(-c3ccc(F)cc3)c(-c3ccc(F)cc3)nc2c1. The molecule has 1 atom stereocenters. The predicted octanol–water partition coefficient (Wildman–Crippen LogP) is 6.21. The van der Waals surface area contributed by atoms with Crippen molar-refractivity contribution in [3.05, 3.63) is 89.5 Å². The molecule has 4 heteroatoms. The van der Waals surface area contributed by atoms with Crippen molar-refractivity contribution in [2.24, 2.45) is 0 Å². The first kappa shape index (κ1) is 18.3. The van der Waals surface area contributed by atoms with Crippen molar-refractivity contribution in [1.29, 1.82) is 0 Å². The van der Waals surface area contributed by atoms with E-state index in [1.807, 2.05) is 25.1 Å². The molecule has 1 aromatic heterocycles. The van der Waals surface area contributed by atoms with Crippen molar-refractivity contribution in [3.63, 3.8) is 0 Å². The van der Waals surface area contributed by atoms with Gasteiger partial charge in [-0.25, -0.2) is 13.8 Å². The highest BCUT2D eigenvalue weighted by molar-refractivity contribution is 5.93. The van der Waals surface area contributed by atoms with Crippen LogP contribution in [-0.2, 0) is 0 Å². The maximum absolute atomic E-state index is 13.4. The first-order valence-electron chi connectivity index (χ1n) is 9.07. The highest BCUT2D eigenvalue weighted by Crippen LogP contribution is 2.36. The Morgan fingerprint density at radius 3 is 1.96 bits per heavy atom. The number of rotatable bonds is 3. The maximum atomic E-state index is 13.4. The van der Waals surface area contributed by atoms with Gasteiger partial charge in [-0.05, 0) is 79.1 Å². The third kappa shape index (κ3) is 3.39. The normalized spacial score (nSPS) is 12.3. The van der Waals surface area contributed by atoms with E-state index >= 15 is 0 Å². The van der Waals surface area contributed by atoms with Crippen LogP contribution in [-0.4, -0.2) is 10.1 Å². The molecule has 140 valence electrons. The summed E-state index contributed by atoms with van der Waals surface area (Å²) in [5.74, 6) is -0.638. The fourth-order valence-electron chi connectivity index (χ4n) is 3.47. The van der Waals surface area contributed by atoms with Crippen LogP contribution in [0.5, 0.6) is 0 Å². The molecule has 1 unspecified atom stereocenters. The molecule has 28 heavy (non-hydrogen) atoms. The minimum absolute atomic E-state index is 0.318. The average molecular weight is 375 g/mol. The van der Waals surface area contributed by atoms with E-state index in [0.29, 0.717) is 5.69 Å². The van der Waals surface area contributed by atoms with Gasteiger partial charge in [-0.1, -0.05) is 18.2 Å². The summed E-state index contributed by atoms with van der Waals surface area (Å²) in [6.07, 6.45) is -0.651. The van der Waals surface area contributed by atoms with Gasteiger partial charge in [0.25, 0.3) is 0 Å². The Labute approximate surface area is 162 Å². The van der Waals surface area contributed by atoms with E-state index in [2.05, 4.69) is 0 Å². The van der Waals surface area contributed by atoms with Gasteiger partial charge < -0.3 is 5.11 Å². The van der Waals surface area contributed by atoms with Crippen molar-refractivity contribution in [1.82, 2.24) is 4.98 Å². The molecule has 0 saturated carbocycles. The second-order valence-corrected chi connectivity index (χ2v) is 7.00. The van der Waals surface area contributed by atoms with Crippen LogP contribution in [0.4, 0.5) is 8.78 Å². The lowest BCUT2D eigenvalue weighted by Gasteiger charge is -2.16. The minimum atomic E-state index is -0.651. The number of nitrogens with zero attached hydrogens (tertiary/aromatic N) is 1. The minimum Gasteiger partial charge on any atom is -0.389 e. The van der Waals surface area contributed by atoms with E-state index < -0.39 is 6.10 Å². The first-order chi connectivity index (χ1) is 13.4. The summed E-state index contributed by atoms with van der Waals surface area (Å²) < 4.78 is 26.9. The van der Waals surface area contributed by atoms with Gasteiger partial charge in [0.15, 0.2) is 0 Å². The van der Waals surface area contributed by atoms with E-state index in [0.717, 1.165) is 38.7 Å². The Hall–Kier alpha value is -3.11. The quantitative estimate of drug-likeness (QED) is 0.462. The Morgan fingerprint density at radius 1 is 0.821 bits per heavy atom. The summed E-state index contributed by atoms with van der Waals surface area (Å²) >= 11 is 0. The number of hydrogen-bond donors (Lipinski definition) is 1. The standard InChI is InChI=1S/C24H19F2NO/c1-14-11-20(15(2)28)22-13-21(16-3-7-18(25)8-4-16)24(27-23(22)12-14)17-5-9-19(26)10-6-17/h3-13,15,28H,1-2H3. The number of hydrogen-bond acceptors (Lipinski definition) is 2. The van der Waals surface area contributed by atoms with Gasteiger partial charge in [0, 0.05) is 16.5 Å². The Morgan fingerprint density at radius 2 is 1.39 bits per heavy atom. The van der Waals surface area contributed by atoms with Gasteiger partial charge in [-0.3, -0.25) is 0 Å². The van der Waals surface area contributed by atoms with Crippen molar-refractivity contribution < 1.29 is 13.9 Å². The number of fused-ring (bicyclic) bond motifs is 1. The average Bonchev–Trinajstić information content (AvgIpc) is 2.67. The van der Waals surface area contributed by atoms with Gasteiger partial charge in [0.2, 0.25) is 0 Å². The monoisotopic (exact) mass is 375 g/mol. The molecule has 0 radical (unpaired) electrons. The molecule has 2 nitrogen and oxygen atoms in total. The zero-order chi connectivity index (χ0) is 19.8. The fraction of sp³-hybridized carbons (Fsp3) is 0.125. The van der Waals surface area contributed by atoms with Crippen LogP contribution in [0, 0.1) is 18.6 Å². The molecule has 0 spiro atoms. The van der Waals surface area contributed by atoms with Crippen LogP contribution in [0.15, 0.2) is 66.7 Å². The van der Waals surface area contributed by atoms with Gasteiger partial charge >= 0.3 is 0 Å². The second kappa shape index (κ2) is 7.13. The Bertz CT molecular complexity index is 1150. The van der Waals surface area contributed by atoms with Gasteiger partial charge in [0.1, 0.15) is 11.6 Å². The molecule has 3 aromatic carbocycles. The summed E-state index contributed by atoms with van der Waals surface area (Å²) in [4.78, 5) is 4.85. The van der Waals surface area contributed by atoms with E-state index in [9.17, 15) is 13.9 Å². The highest BCUT2D eigenvalue weighted by atomic mass is 19.1. The Kier molecular flexibility index (Phi) is 4.65. The fourth-order valence-corrected chi connectivity index (χ4v) is 3.47. The molecule has 1 heterocycles. The van der Waals surface area contributed by atoms with Crippen LogP contribution < -0.4 is 0 Å². The van der Waals surface area contributed by atoms with Gasteiger partial charge in [-0.15, -0.1) is 0 Å². The smallest absolute Gasteiger partial charge is 0.123 e. The summed E-state index contributed by atoms with van der Waals surface area (Å²) in [6.45, 7) is 3.68. The van der Waals surface area contributed by atoms with Crippen LogP contribution in [0.25, 0.3) is 33.3 Å². The summed E-state index contributed by atoms with van der Waals surface area (Å²) in [5.41, 5.74) is 5.58. The molecule has 1 N–H and O–H groups in total. The molecule has 0 bridgehead atoms. The lowest BCUT2D eigenvalue weighted by atomic mass is 9.94. The molecular formula is C24H19F2NO. The largest absolute Gasteiger partial charge is 0.389 e. The van der Waals surface area contributed by atoms with Gasteiger partial charge in [0.05, 0.1) is 17.3 Å². The molecule has 0 saturated heterocycles. The summed E-state index contributed by atoms with van der Waals surface area (Å²) in [5, 5.41) is 11.1. The molecule has 0 amide bonds. The van der Waals surface area contributed by atoms with Crippen LogP contribution in [0.1, 0.15) is 24.2 Å². The molecule has 0 aliphatic heterocycles. The number of pyridine rings is 1. The third-order valence-electron chi connectivity index (χ3n) is 4.83. The number of aromatic nitrogens is 1. The third-order valence-corrected chi connectivity index (χ3v) is 4.83. The number of aliphatic hydroxyl groups is 1. The topological polar surface area (TPSA) is 33.1 Å². The van der Waals surface area contributed by atoms with E-state index in [-0.39, 0.29) is 11.6 Å². The lowest BCUT2D eigenvalue weighted by molar-refractivity contribution is 0.201. The summed E-state index contributed by atoms with van der Waals surface area (Å²) in [7, 11) is 0. The van der Waals surface area contributed by atoms with E-state index in [1.54, 1.807) is 31.2 Å². The van der Waals surface area contributed by atoms with Crippen LogP contribution in [0.2, 0.25) is 0 Å².